The molecule has 2 aromatic rings. The van der Waals surface area contributed by atoms with Crippen LogP contribution in [0.5, 0.6) is 0 Å². The Morgan fingerprint density at radius 1 is 1.23 bits per heavy atom. The van der Waals surface area contributed by atoms with E-state index in [0.717, 1.165) is 22.2 Å². The molecule has 0 saturated heterocycles. The molecule has 0 aliphatic carbocycles. The second-order valence-corrected chi connectivity index (χ2v) is 6.13. The van der Waals surface area contributed by atoms with Crippen molar-refractivity contribution < 1.29 is 9.59 Å². The molecule has 1 aromatic carbocycles. The number of aryl methyl sites for hydroxylation is 1. The SMILES string of the molecule is CC(=O)c1c(C)[nH]c(C(=O)NCCc2ccccc2Br)c1C. The lowest BCUT2D eigenvalue weighted by atomic mass is 10.1. The lowest BCUT2D eigenvalue weighted by molar-refractivity contribution is 0.0949. The van der Waals surface area contributed by atoms with Crippen LogP contribution in [0.25, 0.3) is 0 Å². The number of ketones is 1. The number of carbonyl (C=O) groups excluding carboxylic acids is 2. The summed E-state index contributed by atoms with van der Waals surface area (Å²) in [6.07, 6.45) is 0.742. The molecule has 0 unspecified atom stereocenters. The van der Waals surface area contributed by atoms with Crippen molar-refractivity contribution >= 4 is 27.6 Å². The Bertz CT molecular complexity index is 719. The van der Waals surface area contributed by atoms with Gasteiger partial charge in [0, 0.05) is 22.3 Å². The highest BCUT2D eigenvalue weighted by molar-refractivity contribution is 9.10. The maximum Gasteiger partial charge on any atom is 0.268 e. The Balaban J connectivity index is 2.03. The molecule has 22 heavy (non-hydrogen) atoms. The minimum absolute atomic E-state index is 0.0292. The Morgan fingerprint density at radius 3 is 2.50 bits per heavy atom. The molecule has 2 rings (SSSR count). The van der Waals surface area contributed by atoms with E-state index in [1.807, 2.05) is 31.2 Å². The molecule has 0 fully saturated rings. The summed E-state index contributed by atoms with van der Waals surface area (Å²) in [6.45, 7) is 5.65. The van der Waals surface area contributed by atoms with Gasteiger partial charge in [0.1, 0.15) is 5.69 Å². The quantitative estimate of drug-likeness (QED) is 0.798. The number of rotatable bonds is 5. The highest BCUT2D eigenvalue weighted by atomic mass is 79.9. The van der Waals surface area contributed by atoms with Gasteiger partial charge in [-0.3, -0.25) is 9.59 Å². The first-order chi connectivity index (χ1) is 10.4. The van der Waals surface area contributed by atoms with Gasteiger partial charge >= 0.3 is 0 Å². The normalized spacial score (nSPS) is 10.5. The molecule has 0 aliphatic rings. The average molecular weight is 363 g/mol. The smallest absolute Gasteiger partial charge is 0.268 e. The van der Waals surface area contributed by atoms with Crippen molar-refractivity contribution in [3.05, 3.63) is 56.8 Å². The molecule has 0 atom stereocenters. The third kappa shape index (κ3) is 3.47. The molecule has 0 spiro atoms. The summed E-state index contributed by atoms with van der Waals surface area (Å²) in [5.41, 5.74) is 3.67. The predicted molar refractivity (Wildman–Crippen MR) is 90.5 cm³/mol. The van der Waals surface area contributed by atoms with Gasteiger partial charge in [-0.1, -0.05) is 34.1 Å². The van der Waals surface area contributed by atoms with Crippen LogP contribution in [0.1, 0.15) is 44.6 Å². The van der Waals surface area contributed by atoms with E-state index in [-0.39, 0.29) is 11.7 Å². The van der Waals surface area contributed by atoms with E-state index >= 15 is 0 Å². The Labute approximate surface area is 138 Å². The largest absolute Gasteiger partial charge is 0.354 e. The number of hydrogen-bond acceptors (Lipinski definition) is 2. The maximum absolute atomic E-state index is 12.3. The second kappa shape index (κ2) is 6.92. The zero-order chi connectivity index (χ0) is 16.3. The molecule has 0 aliphatic heterocycles. The summed E-state index contributed by atoms with van der Waals surface area (Å²) < 4.78 is 1.04. The number of carbonyl (C=O) groups is 2. The first-order valence-corrected chi connectivity index (χ1v) is 7.92. The van der Waals surface area contributed by atoms with E-state index in [4.69, 9.17) is 0 Å². The van der Waals surface area contributed by atoms with Crippen LogP contribution < -0.4 is 5.32 Å². The lowest BCUT2D eigenvalue weighted by Gasteiger charge is -2.06. The highest BCUT2D eigenvalue weighted by Crippen LogP contribution is 2.19. The summed E-state index contributed by atoms with van der Waals surface area (Å²) in [5, 5.41) is 2.89. The van der Waals surface area contributed by atoms with Crippen LogP contribution in [0, 0.1) is 13.8 Å². The number of benzene rings is 1. The summed E-state index contributed by atoms with van der Waals surface area (Å²) >= 11 is 3.49. The van der Waals surface area contributed by atoms with Crippen molar-refractivity contribution in [2.24, 2.45) is 0 Å². The zero-order valence-electron chi connectivity index (χ0n) is 12.9. The van der Waals surface area contributed by atoms with Crippen LogP contribution in [0.3, 0.4) is 0 Å². The fraction of sp³-hybridized carbons (Fsp3) is 0.294. The molecule has 0 radical (unpaired) electrons. The molecule has 1 heterocycles. The first kappa shape index (κ1) is 16.5. The Morgan fingerprint density at radius 2 is 1.91 bits per heavy atom. The minimum atomic E-state index is -0.180. The van der Waals surface area contributed by atoms with Gasteiger partial charge in [0.15, 0.2) is 5.78 Å². The number of aromatic amines is 1. The summed E-state index contributed by atoms with van der Waals surface area (Å²) in [6, 6.07) is 7.93. The monoisotopic (exact) mass is 362 g/mol. The summed E-state index contributed by atoms with van der Waals surface area (Å²) in [5.74, 6) is -0.210. The van der Waals surface area contributed by atoms with Crippen molar-refractivity contribution in [3.8, 4) is 0 Å². The van der Waals surface area contributed by atoms with E-state index in [1.54, 1.807) is 6.92 Å². The Kier molecular flexibility index (Phi) is 5.19. The van der Waals surface area contributed by atoms with Crippen LogP contribution >= 0.6 is 15.9 Å². The number of halogens is 1. The van der Waals surface area contributed by atoms with Gasteiger partial charge in [-0.15, -0.1) is 0 Å². The fourth-order valence-electron chi connectivity index (χ4n) is 2.61. The van der Waals surface area contributed by atoms with Crippen molar-refractivity contribution in [2.75, 3.05) is 6.54 Å². The van der Waals surface area contributed by atoms with Gasteiger partial charge in [0.25, 0.3) is 5.91 Å². The van der Waals surface area contributed by atoms with Gasteiger partial charge in [-0.25, -0.2) is 0 Å². The topological polar surface area (TPSA) is 62.0 Å². The number of amides is 1. The van der Waals surface area contributed by atoms with E-state index in [9.17, 15) is 9.59 Å². The molecule has 4 nitrogen and oxygen atoms in total. The summed E-state index contributed by atoms with van der Waals surface area (Å²) in [7, 11) is 0. The molecule has 0 saturated carbocycles. The third-order valence-electron chi connectivity index (χ3n) is 3.65. The van der Waals surface area contributed by atoms with Gasteiger partial charge in [0.2, 0.25) is 0 Å². The van der Waals surface area contributed by atoms with Crippen molar-refractivity contribution in [1.29, 1.82) is 0 Å². The van der Waals surface area contributed by atoms with E-state index in [2.05, 4.69) is 26.2 Å². The summed E-state index contributed by atoms with van der Waals surface area (Å²) in [4.78, 5) is 26.9. The maximum atomic E-state index is 12.3. The van der Waals surface area contributed by atoms with E-state index in [1.165, 1.54) is 6.92 Å². The number of nitrogens with one attached hydrogen (secondary N) is 2. The molecular formula is C17H19BrN2O2. The fourth-order valence-corrected chi connectivity index (χ4v) is 3.09. The van der Waals surface area contributed by atoms with E-state index in [0.29, 0.717) is 23.4 Å². The van der Waals surface area contributed by atoms with Crippen molar-refractivity contribution in [1.82, 2.24) is 10.3 Å². The van der Waals surface area contributed by atoms with Gasteiger partial charge < -0.3 is 10.3 Å². The van der Waals surface area contributed by atoms with Crippen molar-refractivity contribution in [2.45, 2.75) is 27.2 Å². The van der Waals surface area contributed by atoms with Gasteiger partial charge in [0.05, 0.1) is 0 Å². The molecule has 2 N–H and O–H groups in total. The zero-order valence-corrected chi connectivity index (χ0v) is 14.5. The van der Waals surface area contributed by atoms with Crippen LogP contribution in [-0.4, -0.2) is 23.2 Å². The number of Topliss-reactive ketones (excluding diaryl/α,β-unsaturated/α-hetero) is 1. The standard InChI is InChI=1S/C17H19BrN2O2/c1-10-15(12(3)21)11(2)20-16(10)17(22)19-9-8-13-6-4-5-7-14(13)18/h4-7,20H,8-9H2,1-3H3,(H,19,22). The van der Waals surface area contributed by atoms with Crippen LogP contribution in [0.2, 0.25) is 0 Å². The number of H-pyrrole nitrogens is 1. The molecule has 0 bridgehead atoms. The van der Waals surface area contributed by atoms with Crippen molar-refractivity contribution in [3.63, 3.8) is 0 Å². The molecule has 1 amide bonds. The molecular weight excluding hydrogens is 344 g/mol. The minimum Gasteiger partial charge on any atom is -0.354 e. The third-order valence-corrected chi connectivity index (χ3v) is 4.43. The van der Waals surface area contributed by atoms with Crippen LogP contribution in [-0.2, 0) is 6.42 Å². The van der Waals surface area contributed by atoms with Gasteiger partial charge in [-0.2, -0.15) is 0 Å². The average Bonchev–Trinajstić information content (AvgIpc) is 2.76. The number of hydrogen-bond donors (Lipinski definition) is 2. The van der Waals surface area contributed by atoms with Crippen LogP contribution in [0.4, 0.5) is 0 Å². The molecule has 1 aromatic heterocycles. The second-order valence-electron chi connectivity index (χ2n) is 5.28. The van der Waals surface area contributed by atoms with Crippen LogP contribution in [0.15, 0.2) is 28.7 Å². The predicted octanol–water partition coefficient (Wildman–Crippen LogP) is 3.57. The van der Waals surface area contributed by atoms with E-state index < -0.39 is 0 Å². The van der Waals surface area contributed by atoms with Gasteiger partial charge in [-0.05, 0) is 44.4 Å². The molecule has 116 valence electrons. The number of aromatic nitrogens is 1. The first-order valence-electron chi connectivity index (χ1n) is 7.13. The lowest BCUT2D eigenvalue weighted by Crippen LogP contribution is -2.26. The highest BCUT2D eigenvalue weighted by Gasteiger charge is 2.19. The molecule has 5 heteroatoms. The Hall–Kier alpha value is -1.88.